The summed E-state index contributed by atoms with van der Waals surface area (Å²) in [4.78, 5) is 11.9. The summed E-state index contributed by atoms with van der Waals surface area (Å²) < 4.78 is 43.2. The van der Waals surface area contributed by atoms with Crippen LogP contribution in [0.2, 0.25) is 0 Å². The van der Waals surface area contributed by atoms with E-state index in [4.69, 9.17) is 4.42 Å². The third-order valence-corrected chi connectivity index (χ3v) is 3.48. The number of halogens is 3. The van der Waals surface area contributed by atoms with Crippen LogP contribution in [0.25, 0.3) is 0 Å². The molecule has 0 saturated heterocycles. The molecule has 0 aliphatic rings. The van der Waals surface area contributed by atoms with Crippen molar-refractivity contribution in [1.29, 1.82) is 0 Å². The fraction of sp³-hybridized carbons (Fsp3) is 0.357. The molecule has 23 heavy (non-hydrogen) atoms. The van der Waals surface area contributed by atoms with E-state index in [1.165, 1.54) is 23.9 Å². The molecule has 1 aromatic carbocycles. The van der Waals surface area contributed by atoms with E-state index in [1.807, 2.05) is 13.8 Å². The third-order valence-electron chi connectivity index (χ3n) is 2.64. The Morgan fingerprint density at radius 1 is 1.35 bits per heavy atom. The van der Waals surface area contributed by atoms with Crippen molar-refractivity contribution in [2.24, 2.45) is 0 Å². The van der Waals surface area contributed by atoms with Gasteiger partial charge in [-0.25, -0.2) is 0 Å². The van der Waals surface area contributed by atoms with Crippen LogP contribution >= 0.6 is 11.8 Å². The van der Waals surface area contributed by atoms with Gasteiger partial charge < -0.3 is 9.73 Å². The standard InChI is InChI=1S/C14H14F3N3O2S/c1-8(2)23-13-20-19-11(22-13)7-18-12(21)9-4-3-5-10(6-9)14(15,16)17/h3-6,8H,7H2,1-2H3,(H,18,21). The Labute approximate surface area is 134 Å². The zero-order valence-electron chi connectivity index (χ0n) is 12.3. The number of benzene rings is 1. The first-order valence-electron chi connectivity index (χ1n) is 6.70. The lowest BCUT2D eigenvalue weighted by Gasteiger charge is -2.08. The predicted molar refractivity (Wildman–Crippen MR) is 77.9 cm³/mol. The smallest absolute Gasteiger partial charge is 0.414 e. The minimum absolute atomic E-state index is 0.0548. The van der Waals surface area contributed by atoms with Gasteiger partial charge >= 0.3 is 6.18 Å². The summed E-state index contributed by atoms with van der Waals surface area (Å²) in [5.41, 5.74) is -0.963. The highest BCUT2D eigenvalue weighted by Gasteiger charge is 2.30. The number of nitrogens with zero attached hydrogens (tertiary/aromatic N) is 2. The van der Waals surface area contributed by atoms with Gasteiger partial charge in [-0.1, -0.05) is 31.7 Å². The molecule has 0 spiro atoms. The number of nitrogens with one attached hydrogen (secondary N) is 1. The summed E-state index contributed by atoms with van der Waals surface area (Å²) in [6.45, 7) is 3.87. The van der Waals surface area contributed by atoms with E-state index in [-0.39, 0.29) is 23.2 Å². The highest BCUT2D eigenvalue weighted by molar-refractivity contribution is 7.99. The van der Waals surface area contributed by atoms with Crippen LogP contribution in [-0.2, 0) is 12.7 Å². The van der Waals surface area contributed by atoms with Crippen molar-refractivity contribution in [3.05, 3.63) is 41.3 Å². The molecule has 9 heteroatoms. The van der Waals surface area contributed by atoms with Crippen LogP contribution in [0.1, 0.15) is 35.7 Å². The highest BCUT2D eigenvalue weighted by Crippen LogP contribution is 2.29. The molecule has 1 N–H and O–H groups in total. The van der Waals surface area contributed by atoms with E-state index in [9.17, 15) is 18.0 Å². The Kier molecular flexibility index (Phi) is 5.30. The Bertz CT molecular complexity index is 686. The average Bonchev–Trinajstić information content (AvgIpc) is 2.90. The van der Waals surface area contributed by atoms with Crippen molar-refractivity contribution in [3.8, 4) is 0 Å². The Morgan fingerprint density at radius 3 is 2.74 bits per heavy atom. The second-order valence-corrected chi connectivity index (χ2v) is 6.42. The van der Waals surface area contributed by atoms with Gasteiger partial charge in [0, 0.05) is 10.8 Å². The molecule has 2 aromatic rings. The monoisotopic (exact) mass is 345 g/mol. The fourth-order valence-corrected chi connectivity index (χ4v) is 2.29. The van der Waals surface area contributed by atoms with Crippen molar-refractivity contribution in [3.63, 3.8) is 0 Å². The van der Waals surface area contributed by atoms with Crippen molar-refractivity contribution in [2.45, 2.75) is 37.0 Å². The number of hydrogen-bond donors (Lipinski definition) is 1. The van der Waals surface area contributed by atoms with Crippen LogP contribution < -0.4 is 5.32 Å². The van der Waals surface area contributed by atoms with Gasteiger partial charge in [0.1, 0.15) is 0 Å². The van der Waals surface area contributed by atoms with Gasteiger partial charge in [0.25, 0.3) is 11.1 Å². The van der Waals surface area contributed by atoms with E-state index >= 15 is 0 Å². The molecular weight excluding hydrogens is 331 g/mol. The number of amides is 1. The number of aromatic nitrogens is 2. The van der Waals surface area contributed by atoms with Crippen molar-refractivity contribution in [2.75, 3.05) is 0 Å². The topological polar surface area (TPSA) is 68.0 Å². The van der Waals surface area contributed by atoms with Gasteiger partial charge in [0.05, 0.1) is 12.1 Å². The van der Waals surface area contributed by atoms with Gasteiger partial charge in [0.2, 0.25) is 5.89 Å². The first kappa shape index (κ1) is 17.3. The maximum absolute atomic E-state index is 12.6. The largest absolute Gasteiger partial charge is 0.416 e. The molecular formula is C14H14F3N3O2S. The number of rotatable bonds is 5. The highest BCUT2D eigenvalue weighted by atomic mass is 32.2. The molecule has 1 aromatic heterocycles. The van der Waals surface area contributed by atoms with Gasteiger partial charge in [-0.15, -0.1) is 10.2 Å². The van der Waals surface area contributed by atoms with Gasteiger partial charge in [0.15, 0.2) is 0 Å². The van der Waals surface area contributed by atoms with E-state index in [0.29, 0.717) is 5.22 Å². The second-order valence-electron chi connectivity index (χ2n) is 4.89. The van der Waals surface area contributed by atoms with E-state index in [1.54, 1.807) is 0 Å². The SMILES string of the molecule is CC(C)Sc1nnc(CNC(=O)c2cccc(C(F)(F)F)c2)o1. The van der Waals surface area contributed by atoms with Gasteiger partial charge in [-0.3, -0.25) is 4.79 Å². The summed E-state index contributed by atoms with van der Waals surface area (Å²) in [6.07, 6.45) is -4.49. The number of hydrogen-bond acceptors (Lipinski definition) is 5. The minimum Gasteiger partial charge on any atom is -0.414 e. The van der Waals surface area contributed by atoms with Crippen LogP contribution in [0.4, 0.5) is 13.2 Å². The quantitative estimate of drug-likeness (QED) is 0.840. The Balaban J connectivity index is 1.98. The lowest BCUT2D eigenvalue weighted by atomic mass is 10.1. The van der Waals surface area contributed by atoms with Crippen LogP contribution in [0.5, 0.6) is 0 Å². The summed E-state index contributed by atoms with van der Waals surface area (Å²) in [5, 5.41) is 10.7. The van der Waals surface area contributed by atoms with Crippen LogP contribution in [0, 0.1) is 0 Å². The maximum atomic E-state index is 12.6. The summed E-state index contributed by atoms with van der Waals surface area (Å²) in [5.74, 6) is -0.458. The number of thioether (sulfide) groups is 1. The molecule has 124 valence electrons. The van der Waals surface area contributed by atoms with Crippen LogP contribution in [0.3, 0.4) is 0 Å². The van der Waals surface area contributed by atoms with Crippen molar-refractivity contribution < 1.29 is 22.4 Å². The molecule has 0 bridgehead atoms. The lowest BCUT2D eigenvalue weighted by molar-refractivity contribution is -0.137. The summed E-state index contributed by atoms with van der Waals surface area (Å²) in [7, 11) is 0. The Morgan fingerprint density at radius 2 is 2.09 bits per heavy atom. The van der Waals surface area contributed by atoms with Crippen molar-refractivity contribution >= 4 is 17.7 Å². The zero-order valence-corrected chi connectivity index (χ0v) is 13.2. The van der Waals surface area contributed by atoms with Gasteiger partial charge in [-0.2, -0.15) is 13.2 Å². The minimum atomic E-state index is -4.49. The first-order chi connectivity index (χ1) is 10.8. The molecule has 0 aliphatic heterocycles. The lowest BCUT2D eigenvalue weighted by Crippen LogP contribution is -2.23. The molecule has 0 aliphatic carbocycles. The molecule has 1 amide bonds. The van der Waals surface area contributed by atoms with Crippen LogP contribution in [0.15, 0.2) is 33.9 Å². The third kappa shape index (κ3) is 4.98. The number of carbonyl (C=O) groups excluding carboxylic acids is 1. The van der Waals surface area contributed by atoms with Crippen molar-refractivity contribution in [1.82, 2.24) is 15.5 Å². The van der Waals surface area contributed by atoms with Crippen LogP contribution in [-0.4, -0.2) is 21.4 Å². The van der Waals surface area contributed by atoms with Gasteiger partial charge in [-0.05, 0) is 18.2 Å². The number of alkyl halides is 3. The number of carbonyl (C=O) groups is 1. The molecule has 0 radical (unpaired) electrons. The molecule has 0 unspecified atom stereocenters. The zero-order chi connectivity index (χ0) is 17.0. The maximum Gasteiger partial charge on any atom is 0.416 e. The molecule has 0 atom stereocenters. The fourth-order valence-electron chi connectivity index (χ4n) is 1.65. The molecule has 0 saturated carbocycles. The second kappa shape index (κ2) is 7.03. The molecule has 1 heterocycles. The van der Waals surface area contributed by atoms with E-state index in [2.05, 4.69) is 15.5 Å². The molecule has 0 fully saturated rings. The molecule has 2 rings (SSSR count). The normalized spacial score (nSPS) is 11.7. The predicted octanol–water partition coefficient (Wildman–Crippen LogP) is 3.52. The van der Waals surface area contributed by atoms with E-state index < -0.39 is 17.6 Å². The van der Waals surface area contributed by atoms with E-state index in [0.717, 1.165) is 12.1 Å². The summed E-state index contributed by atoms with van der Waals surface area (Å²) in [6, 6.07) is 4.19. The average molecular weight is 345 g/mol. The molecule has 5 nitrogen and oxygen atoms in total. The first-order valence-corrected chi connectivity index (χ1v) is 7.58. The summed E-state index contributed by atoms with van der Waals surface area (Å²) >= 11 is 1.38. The Hall–Kier alpha value is -2.03.